The second kappa shape index (κ2) is 13.5. The van der Waals surface area contributed by atoms with E-state index in [4.69, 9.17) is 14.0 Å². The molecule has 1 atom stereocenters. The average molecular weight is 387 g/mol. The smallest absolute Gasteiger partial charge is 0.305 e. The second-order valence-corrected chi connectivity index (χ2v) is 6.55. The van der Waals surface area contributed by atoms with Crippen molar-refractivity contribution >= 4 is 17.3 Å². The van der Waals surface area contributed by atoms with Gasteiger partial charge in [0.15, 0.2) is 11.5 Å². The minimum absolute atomic E-state index is 0.0404. The van der Waals surface area contributed by atoms with Crippen molar-refractivity contribution in [2.45, 2.75) is 58.4 Å². The fraction of sp³-hybridized carbons (Fsp3) is 0.611. The Balaban J connectivity index is 2.35. The Bertz CT molecular complexity index is 567. The van der Waals surface area contributed by atoms with E-state index in [0.29, 0.717) is 24.5 Å². The number of methoxy groups -OCH3 is 1. The summed E-state index contributed by atoms with van der Waals surface area (Å²) in [6, 6.07) is 5.20. The predicted octanol–water partition coefficient (Wildman–Crippen LogP) is 3.55. The van der Waals surface area contributed by atoms with E-state index in [-0.39, 0.29) is 12.7 Å². The molecule has 0 aliphatic carbocycles. The highest BCUT2D eigenvalue weighted by Crippen LogP contribution is 2.28. The zero-order valence-electron chi connectivity index (χ0n) is 15.5. The van der Waals surface area contributed by atoms with Gasteiger partial charge in [-0.1, -0.05) is 45.1 Å². The number of hydrogen-bond donors (Lipinski definition) is 2. The normalized spacial score (nSPS) is 11.8. The van der Waals surface area contributed by atoms with E-state index in [1.807, 2.05) is 0 Å². The third-order valence-electron chi connectivity index (χ3n) is 3.84. The van der Waals surface area contributed by atoms with E-state index in [1.54, 1.807) is 18.2 Å². The molecule has 1 amide bonds. The van der Waals surface area contributed by atoms with Gasteiger partial charge < -0.3 is 14.8 Å². The zero-order valence-corrected chi connectivity index (χ0v) is 16.3. The molecule has 1 aromatic rings. The summed E-state index contributed by atoms with van der Waals surface area (Å²) in [5.41, 5.74) is 0.872. The van der Waals surface area contributed by atoms with Gasteiger partial charge in [-0.05, 0) is 24.1 Å². The summed E-state index contributed by atoms with van der Waals surface area (Å²) < 4.78 is 33.8. The highest BCUT2D eigenvalue weighted by atomic mass is 32.2. The molecule has 0 saturated heterocycles. The molecule has 1 rings (SSSR count). The van der Waals surface area contributed by atoms with Gasteiger partial charge in [-0.15, -0.1) is 0 Å². The van der Waals surface area contributed by atoms with Crippen molar-refractivity contribution in [2.24, 2.45) is 0 Å². The van der Waals surface area contributed by atoms with E-state index < -0.39 is 11.4 Å². The van der Waals surface area contributed by atoms with Gasteiger partial charge in [0.05, 0.1) is 7.11 Å². The zero-order chi connectivity index (χ0) is 19.2. The van der Waals surface area contributed by atoms with Gasteiger partial charge in [0.2, 0.25) is 12.7 Å². The minimum Gasteiger partial charge on any atom is -0.493 e. The maximum atomic E-state index is 11.9. The van der Waals surface area contributed by atoms with Gasteiger partial charge >= 0.3 is 11.4 Å². The van der Waals surface area contributed by atoms with Gasteiger partial charge in [-0.3, -0.25) is 9.35 Å². The lowest BCUT2D eigenvalue weighted by molar-refractivity contribution is -0.121. The minimum atomic E-state index is -2.38. The number of nitrogens with one attached hydrogen (secondary N) is 1. The predicted molar refractivity (Wildman–Crippen MR) is 100 cm³/mol. The number of carbonyl (C=O) groups is 1. The van der Waals surface area contributed by atoms with Crippen LogP contribution in [-0.4, -0.2) is 28.6 Å². The largest absolute Gasteiger partial charge is 0.493 e. The summed E-state index contributed by atoms with van der Waals surface area (Å²) >= 11 is -2.38. The van der Waals surface area contributed by atoms with E-state index in [9.17, 15) is 9.00 Å². The van der Waals surface area contributed by atoms with E-state index in [0.717, 1.165) is 18.4 Å². The molecule has 0 radical (unpaired) electrons. The van der Waals surface area contributed by atoms with Gasteiger partial charge in [-0.2, -0.15) is 4.21 Å². The first-order valence-corrected chi connectivity index (χ1v) is 9.90. The van der Waals surface area contributed by atoms with Crippen LogP contribution < -0.4 is 14.8 Å². The molecule has 0 bridgehead atoms. The Morgan fingerprint density at radius 1 is 1.15 bits per heavy atom. The van der Waals surface area contributed by atoms with Crippen LogP contribution in [0.1, 0.15) is 57.4 Å². The van der Waals surface area contributed by atoms with Crippen molar-refractivity contribution in [3.8, 4) is 11.5 Å². The fourth-order valence-corrected chi connectivity index (χ4v) is 2.56. The van der Waals surface area contributed by atoms with Gasteiger partial charge in [-0.25, -0.2) is 4.18 Å². The van der Waals surface area contributed by atoms with Crippen LogP contribution in [0.4, 0.5) is 0 Å². The van der Waals surface area contributed by atoms with Crippen molar-refractivity contribution in [3.63, 3.8) is 0 Å². The summed E-state index contributed by atoms with van der Waals surface area (Å²) in [7, 11) is 1.49. The molecule has 0 heterocycles. The van der Waals surface area contributed by atoms with Crippen LogP contribution >= 0.6 is 0 Å². The first-order valence-electron chi connectivity index (χ1n) is 8.87. The summed E-state index contributed by atoms with van der Waals surface area (Å²) in [6.45, 7) is 2.22. The first kappa shape index (κ1) is 22.4. The third kappa shape index (κ3) is 9.74. The standard InChI is InChI=1S/C18H29NO6S/c1-3-4-5-6-7-8-9-18(20)19-13-15-10-11-16(17(12-15)23-2)24-14-25-26(21)22/h10-12H,3-9,13-14H2,1-2H3,(H,19,20)(H,21,22). The molecule has 1 unspecified atom stereocenters. The van der Waals surface area contributed by atoms with Crippen LogP contribution in [0.5, 0.6) is 11.5 Å². The van der Waals surface area contributed by atoms with E-state index in [2.05, 4.69) is 16.4 Å². The van der Waals surface area contributed by atoms with Crippen molar-refractivity contribution in [1.29, 1.82) is 0 Å². The first-order chi connectivity index (χ1) is 12.6. The van der Waals surface area contributed by atoms with Crippen molar-refractivity contribution in [2.75, 3.05) is 13.9 Å². The molecule has 7 nitrogen and oxygen atoms in total. The molecule has 1 aromatic carbocycles. The van der Waals surface area contributed by atoms with Crippen LogP contribution in [0.3, 0.4) is 0 Å². The maximum Gasteiger partial charge on any atom is 0.305 e. The van der Waals surface area contributed by atoms with E-state index >= 15 is 0 Å². The molecular weight excluding hydrogens is 358 g/mol. The highest BCUT2D eigenvalue weighted by molar-refractivity contribution is 7.74. The summed E-state index contributed by atoms with van der Waals surface area (Å²) in [6.07, 6.45) is 7.46. The Kier molecular flexibility index (Phi) is 11.7. The number of ether oxygens (including phenoxy) is 2. The molecule has 0 saturated carbocycles. The van der Waals surface area contributed by atoms with Crippen molar-refractivity contribution in [1.82, 2.24) is 5.32 Å². The Labute approximate surface area is 157 Å². The number of carbonyl (C=O) groups excluding carboxylic acids is 1. The van der Waals surface area contributed by atoms with Crippen molar-refractivity contribution in [3.05, 3.63) is 23.8 Å². The third-order valence-corrected chi connectivity index (χ3v) is 4.14. The van der Waals surface area contributed by atoms with Crippen LogP contribution in [-0.2, 0) is 26.9 Å². The number of rotatable bonds is 14. The van der Waals surface area contributed by atoms with E-state index in [1.165, 1.54) is 32.8 Å². The Hall–Kier alpha value is -1.64. The topological polar surface area (TPSA) is 94.1 Å². The summed E-state index contributed by atoms with van der Waals surface area (Å²) in [4.78, 5) is 11.9. The van der Waals surface area contributed by atoms with Crippen molar-refractivity contribution < 1.29 is 27.2 Å². The quantitative estimate of drug-likeness (QED) is 0.288. The SMILES string of the molecule is CCCCCCCCC(=O)NCc1ccc(OCOS(=O)O)c(OC)c1. The molecule has 0 spiro atoms. The van der Waals surface area contributed by atoms with Gasteiger partial charge in [0.25, 0.3) is 0 Å². The van der Waals surface area contributed by atoms with Crippen LogP contribution in [0.15, 0.2) is 18.2 Å². The fourth-order valence-electron chi connectivity index (χ4n) is 2.42. The molecule has 0 fully saturated rings. The Morgan fingerprint density at radius 3 is 2.58 bits per heavy atom. The molecule has 2 N–H and O–H groups in total. The van der Waals surface area contributed by atoms with Crippen LogP contribution in [0.25, 0.3) is 0 Å². The van der Waals surface area contributed by atoms with Crippen LogP contribution in [0, 0.1) is 0 Å². The monoisotopic (exact) mass is 387 g/mol. The summed E-state index contributed by atoms with van der Waals surface area (Å²) in [5, 5.41) is 2.90. The maximum absolute atomic E-state index is 11.9. The molecule has 26 heavy (non-hydrogen) atoms. The van der Waals surface area contributed by atoms with Crippen LogP contribution in [0.2, 0.25) is 0 Å². The molecule has 0 aliphatic heterocycles. The lowest BCUT2D eigenvalue weighted by atomic mass is 10.1. The van der Waals surface area contributed by atoms with Gasteiger partial charge in [0, 0.05) is 13.0 Å². The molecular formula is C18H29NO6S. The summed E-state index contributed by atoms with van der Waals surface area (Å²) in [5.74, 6) is 0.888. The second-order valence-electron chi connectivity index (χ2n) is 5.88. The molecule has 0 aliphatic rings. The number of benzene rings is 1. The number of unbranched alkanes of at least 4 members (excludes halogenated alkanes) is 5. The number of hydrogen-bond acceptors (Lipinski definition) is 5. The molecule has 8 heteroatoms. The lowest BCUT2D eigenvalue weighted by Gasteiger charge is -2.12. The molecule has 0 aromatic heterocycles. The Morgan fingerprint density at radius 2 is 1.88 bits per heavy atom. The van der Waals surface area contributed by atoms with Gasteiger partial charge in [0.1, 0.15) is 0 Å². The highest BCUT2D eigenvalue weighted by Gasteiger charge is 2.08. The average Bonchev–Trinajstić information content (AvgIpc) is 2.63. The number of amides is 1. The molecule has 148 valence electrons. The lowest BCUT2D eigenvalue weighted by Crippen LogP contribution is -2.22.